The van der Waals surface area contributed by atoms with Gasteiger partial charge in [0.15, 0.2) is 0 Å². The zero-order chi connectivity index (χ0) is 19.2. The number of hydrogen-bond donors (Lipinski definition) is 1. The van der Waals surface area contributed by atoms with Crippen LogP contribution in [0.15, 0.2) is 53.3 Å². The Labute approximate surface area is 161 Å². The van der Waals surface area contributed by atoms with E-state index in [1.54, 1.807) is 6.07 Å². The van der Waals surface area contributed by atoms with Gasteiger partial charge in [-0.15, -0.1) is 0 Å². The van der Waals surface area contributed by atoms with Crippen LogP contribution in [0.25, 0.3) is 5.65 Å². The monoisotopic (exact) mass is 437 g/mol. The maximum Gasteiger partial charge on any atom is 0.416 e. The third-order valence-corrected chi connectivity index (χ3v) is 5.17. The molecule has 0 saturated heterocycles. The zero-order valence-electron chi connectivity index (χ0n) is 14.0. The lowest BCUT2D eigenvalue weighted by molar-refractivity contribution is -0.138. The largest absolute Gasteiger partial charge is 0.416 e. The fourth-order valence-corrected chi connectivity index (χ4v) is 3.67. The Balaban J connectivity index is 1.42. The lowest BCUT2D eigenvalue weighted by Gasteiger charge is -2.12. The number of hydrogen-bond acceptors (Lipinski definition) is 2. The average Bonchev–Trinajstić information content (AvgIpc) is 3.32. The normalized spacial score (nSPS) is 19.3. The van der Waals surface area contributed by atoms with E-state index in [1.807, 2.05) is 28.9 Å². The fourth-order valence-electron chi connectivity index (χ4n) is 3.32. The number of halogens is 4. The average molecular weight is 438 g/mol. The Morgan fingerprint density at radius 1 is 1.22 bits per heavy atom. The molecule has 1 amide bonds. The van der Waals surface area contributed by atoms with E-state index in [0.29, 0.717) is 12.1 Å². The van der Waals surface area contributed by atoms with E-state index < -0.39 is 17.7 Å². The first kappa shape index (κ1) is 18.0. The molecule has 2 aromatic heterocycles. The molecule has 0 spiro atoms. The first-order valence-corrected chi connectivity index (χ1v) is 9.19. The number of pyridine rings is 1. The van der Waals surface area contributed by atoms with Crippen LogP contribution >= 0.6 is 15.9 Å². The molecule has 2 atom stereocenters. The van der Waals surface area contributed by atoms with Crippen LogP contribution in [-0.4, -0.2) is 15.3 Å². The highest BCUT2D eigenvalue weighted by atomic mass is 79.9. The van der Waals surface area contributed by atoms with Crippen molar-refractivity contribution >= 4 is 27.5 Å². The van der Waals surface area contributed by atoms with E-state index in [1.165, 1.54) is 12.1 Å². The number of amides is 1. The van der Waals surface area contributed by atoms with Gasteiger partial charge < -0.3 is 9.72 Å². The molecular formula is C19H15BrF3N3O. The summed E-state index contributed by atoms with van der Waals surface area (Å²) in [6, 6.07) is 9.19. The van der Waals surface area contributed by atoms with Crippen LogP contribution in [-0.2, 0) is 17.5 Å². The number of alkyl halides is 3. The molecule has 1 fully saturated rings. The van der Waals surface area contributed by atoms with E-state index in [0.717, 1.165) is 16.2 Å². The summed E-state index contributed by atoms with van der Waals surface area (Å²) in [5.74, 6) is -1.06. The molecule has 1 aliphatic rings. The number of carbonyl (C=O) groups is 1. The lowest BCUT2D eigenvalue weighted by atomic mass is 10.0. The van der Waals surface area contributed by atoms with Crippen molar-refractivity contribution in [2.45, 2.75) is 25.1 Å². The summed E-state index contributed by atoms with van der Waals surface area (Å²) in [5.41, 5.74) is 0.985. The minimum absolute atomic E-state index is 0.197. The second kappa shape index (κ2) is 6.67. The summed E-state index contributed by atoms with van der Waals surface area (Å²) < 4.78 is 42.2. The SMILES string of the molecule is O=C(NCc1cn2cc(Br)ccc2n1)[C@H]1C[C@@H]1c1ccccc1C(F)(F)F. The maximum absolute atomic E-state index is 13.1. The van der Waals surface area contributed by atoms with E-state index in [2.05, 4.69) is 26.2 Å². The molecule has 0 radical (unpaired) electrons. The van der Waals surface area contributed by atoms with Crippen molar-refractivity contribution in [3.8, 4) is 0 Å². The minimum Gasteiger partial charge on any atom is -0.350 e. The van der Waals surface area contributed by atoms with Crippen molar-refractivity contribution in [3.63, 3.8) is 0 Å². The van der Waals surface area contributed by atoms with Gasteiger partial charge in [-0.2, -0.15) is 13.2 Å². The van der Waals surface area contributed by atoms with Gasteiger partial charge in [0, 0.05) is 22.8 Å². The third-order valence-electron chi connectivity index (χ3n) is 4.70. The molecule has 1 aromatic carbocycles. The van der Waals surface area contributed by atoms with Gasteiger partial charge in [0.2, 0.25) is 5.91 Å². The summed E-state index contributed by atoms with van der Waals surface area (Å²) in [4.78, 5) is 16.8. The molecule has 1 aliphatic carbocycles. The van der Waals surface area contributed by atoms with Gasteiger partial charge in [-0.3, -0.25) is 4.79 Å². The molecule has 0 aliphatic heterocycles. The molecule has 2 heterocycles. The van der Waals surface area contributed by atoms with Crippen LogP contribution in [0, 0.1) is 5.92 Å². The molecule has 140 valence electrons. The molecule has 8 heteroatoms. The van der Waals surface area contributed by atoms with Gasteiger partial charge in [0.1, 0.15) is 5.65 Å². The Bertz CT molecular complexity index is 1010. The first-order chi connectivity index (χ1) is 12.8. The lowest BCUT2D eigenvalue weighted by Crippen LogP contribution is -2.25. The number of carbonyl (C=O) groups excluding carboxylic acids is 1. The number of fused-ring (bicyclic) bond motifs is 1. The van der Waals surface area contributed by atoms with Gasteiger partial charge in [-0.05, 0) is 52.0 Å². The van der Waals surface area contributed by atoms with E-state index >= 15 is 0 Å². The number of aromatic nitrogens is 2. The van der Waals surface area contributed by atoms with Gasteiger partial charge >= 0.3 is 6.18 Å². The number of nitrogens with zero attached hydrogens (tertiary/aromatic N) is 2. The topological polar surface area (TPSA) is 46.4 Å². The van der Waals surface area contributed by atoms with Crippen LogP contribution in [0.4, 0.5) is 13.2 Å². The highest BCUT2D eigenvalue weighted by Gasteiger charge is 2.47. The molecule has 0 bridgehead atoms. The summed E-state index contributed by atoms with van der Waals surface area (Å²) >= 11 is 3.38. The van der Waals surface area contributed by atoms with Crippen molar-refractivity contribution in [3.05, 3.63) is 70.1 Å². The molecular weight excluding hydrogens is 423 g/mol. The quantitative estimate of drug-likeness (QED) is 0.651. The molecule has 0 unspecified atom stereocenters. The van der Waals surface area contributed by atoms with Crippen molar-refractivity contribution in [1.82, 2.24) is 14.7 Å². The van der Waals surface area contributed by atoms with Crippen molar-refractivity contribution in [2.24, 2.45) is 5.92 Å². The number of rotatable bonds is 4. The van der Waals surface area contributed by atoms with Crippen LogP contribution in [0.2, 0.25) is 0 Å². The maximum atomic E-state index is 13.1. The van der Waals surface area contributed by atoms with Gasteiger partial charge in [-0.25, -0.2) is 4.98 Å². The van der Waals surface area contributed by atoms with Crippen LogP contribution < -0.4 is 5.32 Å². The standard InChI is InChI=1S/C19H15BrF3N3O/c20-11-5-6-17-25-12(10-26(17)9-11)8-24-18(27)15-7-14(15)13-3-1-2-4-16(13)19(21,22)23/h1-6,9-10,14-15H,7-8H2,(H,24,27)/t14-,15+/m1/s1. The molecule has 27 heavy (non-hydrogen) atoms. The molecule has 1 N–H and O–H groups in total. The molecule has 3 aromatic rings. The van der Waals surface area contributed by atoms with E-state index in [4.69, 9.17) is 0 Å². The summed E-state index contributed by atoms with van der Waals surface area (Å²) in [6.07, 6.45) is -0.315. The van der Waals surface area contributed by atoms with Crippen molar-refractivity contribution in [2.75, 3.05) is 0 Å². The van der Waals surface area contributed by atoms with Crippen LogP contribution in [0.3, 0.4) is 0 Å². The van der Waals surface area contributed by atoms with Crippen molar-refractivity contribution < 1.29 is 18.0 Å². The van der Waals surface area contributed by atoms with E-state index in [9.17, 15) is 18.0 Å². The second-order valence-electron chi connectivity index (χ2n) is 6.60. The van der Waals surface area contributed by atoms with Gasteiger partial charge in [0.25, 0.3) is 0 Å². The molecule has 4 rings (SSSR count). The smallest absolute Gasteiger partial charge is 0.350 e. The predicted molar refractivity (Wildman–Crippen MR) is 97.0 cm³/mol. The van der Waals surface area contributed by atoms with Gasteiger partial charge in [0.05, 0.1) is 17.8 Å². The Hall–Kier alpha value is -2.35. The number of benzene rings is 1. The number of nitrogens with one attached hydrogen (secondary N) is 1. The Morgan fingerprint density at radius 3 is 2.78 bits per heavy atom. The summed E-state index contributed by atoms with van der Waals surface area (Å²) in [7, 11) is 0. The highest BCUT2D eigenvalue weighted by Crippen LogP contribution is 2.51. The van der Waals surface area contributed by atoms with Crippen LogP contribution in [0.1, 0.15) is 29.2 Å². The third kappa shape index (κ3) is 3.71. The molecule has 1 saturated carbocycles. The number of imidazole rings is 1. The fraction of sp³-hybridized carbons (Fsp3) is 0.263. The predicted octanol–water partition coefficient (Wildman–Crippen LogP) is 4.54. The molecule has 4 nitrogen and oxygen atoms in total. The Morgan fingerprint density at radius 2 is 2.00 bits per heavy atom. The summed E-state index contributed by atoms with van der Waals surface area (Å²) in [6.45, 7) is 0.238. The zero-order valence-corrected chi connectivity index (χ0v) is 15.6. The van der Waals surface area contributed by atoms with Gasteiger partial charge in [-0.1, -0.05) is 18.2 Å². The first-order valence-electron chi connectivity index (χ1n) is 8.40. The highest BCUT2D eigenvalue weighted by molar-refractivity contribution is 9.10. The summed E-state index contributed by atoms with van der Waals surface area (Å²) in [5, 5.41) is 2.79. The Kier molecular flexibility index (Phi) is 4.46. The second-order valence-corrected chi connectivity index (χ2v) is 7.51. The van der Waals surface area contributed by atoms with Crippen LogP contribution in [0.5, 0.6) is 0 Å². The minimum atomic E-state index is -4.41. The van der Waals surface area contributed by atoms with E-state index in [-0.39, 0.29) is 23.9 Å². The van der Waals surface area contributed by atoms with Crippen molar-refractivity contribution in [1.29, 1.82) is 0 Å².